The van der Waals surface area contributed by atoms with Crippen LogP contribution < -0.4 is 10.1 Å². The zero-order valence-corrected chi connectivity index (χ0v) is 12.7. The third-order valence-corrected chi connectivity index (χ3v) is 4.30. The SMILES string of the molecule is CCNC(c1cccc2c1OCCC2)C(C)C(C)C. The number of ether oxygens (including phenoxy) is 1. The van der Waals surface area contributed by atoms with Gasteiger partial charge >= 0.3 is 0 Å². The predicted octanol–water partition coefficient (Wildman–Crippen LogP) is 3.95. The Bertz CT molecular complexity index is 414. The number of fused-ring (bicyclic) bond motifs is 1. The van der Waals surface area contributed by atoms with Crippen molar-refractivity contribution in [1.82, 2.24) is 5.32 Å². The van der Waals surface area contributed by atoms with Crippen LogP contribution in [0.15, 0.2) is 18.2 Å². The molecule has 1 aliphatic rings. The van der Waals surface area contributed by atoms with Crippen molar-refractivity contribution in [2.75, 3.05) is 13.2 Å². The second-order valence-electron chi connectivity index (χ2n) is 5.93. The van der Waals surface area contributed by atoms with Crippen LogP contribution >= 0.6 is 0 Å². The Morgan fingerprint density at radius 1 is 1.26 bits per heavy atom. The number of para-hydroxylation sites is 1. The largest absolute Gasteiger partial charge is 0.493 e. The van der Waals surface area contributed by atoms with Gasteiger partial charge in [-0.15, -0.1) is 0 Å². The third kappa shape index (κ3) is 3.11. The maximum absolute atomic E-state index is 5.97. The Labute approximate surface area is 117 Å². The molecule has 1 aromatic carbocycles. The van der Waals surface area contributed by atoms with Crippen LogP contribution in [-0.4, -0.2) is 13.2 Å². The zero-order chi connectivity index (χ0) is 13.8. The van der Waals surface area contributed by atoms with Crippen LogP contribution in [0.2, 0.25) is 0 Å². The van der Waals surface area contributed by atoms with Crippen molar-refractivity contribution in [2.45, 2.75) is 46.6 Å². The van der Waals surface area contributed by atoms with Crippen molar-refractivity contribution < 1.29 is 4.74 Å². The van der Waals surface area contributed by atoms with Crippen LogP contribution in [0, 0.1) is 11.8 Å². The zero-order valence-electron chi connectivity index (χ0n) is 12.7. The van der Waals surface area contributed by atoms with Crippen LogP contribution in [0.4, 0.5) is 0 Å². The van der Waals surface area contributed by atoms with E-state index >= 15 is 0 Å². The lowest BCUT2D eigenvalue weighted by Gasteiger charge is -2.31. The van der Waals surface area contributed by atoms with E-state index in [0.29, 0.717) is 17.9 Å². The highest BCUT2D eigenvalue weighted by Gasteiger charge is 2.26. The van der Waals surface area contributed by atoms with Crippen molar-refractivity contribution in [3.05, 3.63) is 29.3 Å². The minimum absolute atomic E-state index is 0.387. The third-order valence-electron chi connectivity index (χ3n) is 4.30. The standard InChI is InChI=1S/C17H27NO/c1-5-18-16(13(4)12(2)3)15-10-6-8-14-9-7-11-19-17(14)15/h6,8,10,12-13,16,18H,5,7,9,11H2,1-4H3. The van der Waals surface area contributed by atoms with E-state index in [9.17, 15) is 0 Å². The maximum atomic E-state index is 5.97. The van der Waals surface area contributed by atoms with Crippen molar-refractivity contribution >= 4 is 0 Å². The Morgan fingerprint density at radius 2 is 2.05 bits per heavy atom. The monoisotopic (exact) mass is 261 g/mol. The molecule has 2 atom stereocenters. The van der Waals surface area contributed by atoms with Gasteiger partial charge in [-0.3, -0.25) is 0 Å². The number of rotatable bonds is 5. The summed E-state index contributed by atoms with van der Waals surface area (Å²) >= 11 is 0. The molecule has 0 aromatic heterocycles. The van der Waals surface area contributed by atoms with Gasteiger partial charge in [0.05, 0.1) is 6.61 Å². The van der Waals surface area contributed by atoms with Gasteiger partial charge in [-0.2, -0.15) is 0 Å². The molecule has 1 N–H and O–H groups in total. The summed E-state index contributed by atoms with van der Waals surface area (Å²) in [5.74, 6) is 2.40. The first-order valence-electron chi connectivity index (χ1n) is 7.63. The molecule has 0 radical (unpaired) electrons. The predicted molar refractivity (Wildman–Crippen MR) is 80.7 cm³/mol. The number of aryl methyl sites for hydroxylation is 1. The number of hydrogen-bond donors (Lipinski definition) is 1. The first kappa shape index (κ1) is 14.4. The van der Waals surface area contributed by atoms with Crippen LogP contribution in [0.3, 0.4) is 0 Å². The van der Waals surface area contributed by atoms with Gasteiger partial charge in [0.1, 0.15) is 5.75 Å². The molecule has 19 heavy (non-hydrogen) atoms. The highest BCUT2D eigenvalue weighted by atomic mass is 16.5. The van der Waals surface area contributed by atoms with Crippen LogP contribution in [-0.2, 0) is 6.42 Å². The molecule has 1 aliphatic heterocycles. The fourth-order valence-electron chi connectivity index (χ4n) is 2.84. The van der Waals surface area contributed by atoms with E-state index in [-0.39, 0.29) is 0 Å². The van der Waals surface area contributed by atoms with Crippen molar-refractivity contribution in [2.24, 2.45) is 11.8 Å². The Kier molecular flexibility index (Phi) is 4.87. The molecule has 106 valence electrons. The van der Waals surface area contributed by atoms with Crippen LogP contribution in [0.1, 0.15) is 51.3 Å². The maximum Gasteiger partial charge on any atom is 0.127 e. The molecule has 0 saturated carbocycles. The summed E-state index contributed by atoms with van der Waals surface area (Å²) in [6.45, 7) is 11.0. The Morgan fingerprint density at radius 3 is 2.74 bits per heavy atom. The molecule has 1 aromatic rings. The van der Waals surface area contributed by atoms with Crippen LogP contribution in [0.25, 0.3) is 0 Å². The van der Waals surface area contributed by atoms with Gasteiger partial charge in [0.25, 0.3) is 0 Å². The molecule has 2 unspecified atom stereocenters. The Hall–Kier alpha value is -1.02. The molecular formula is C17H27NO. The van der Waals surface area contributed by atoms with E-state index in [1.165, 1.54) is 11.1 Å². The molecule has 2 heteroatoms. The highest BCUT2D eigenvalue weighted by Crippen LogP contribution is 2.37. The van der Waals surface area contributed by atoms with E-state index in [1.54, 1.807) is 0 Å². The van der Waals surface area contributed by atoms with Gasteiger partial charge in [0.15, 0.2) is 0 Å². The molecule has 0 spiro atoms. The second-order valence-corrected chi connectivity index (χ2v) is 5.93. The Balaban J connectivity index is 2.36. The summed E-state index contributed by atoms with van der Waals surface area (Å²) in [6.07, 6.45) is 2.29. The molecule has 2 nitrogen and oxygen atoms in total. The average molecular weight is 261 g/mol. The van der Waals surface area contributed by atoms with Crippen LogP contribution in [0.5, 0.6) is 5.75 Å². The summed E-state index contributed by atoms with van der Waals surface area (Å²) in [6, 6.07) is 7.01. The summed E-state index contributed by atoms with van der Waals surface area (Å²) < 4.78 is 5.97. The smallest absolute Gasteiger partial charge is 0.127 e. The topological polar surface area (TPSA) is 21.3 Å². The summed E-state index contributed by atoms with van der Waals surface area (Å²) in [5.41, 5.74) is 2.72. The molecule has 0 aliphatic carbocycles. The van der Waals surface area contributed by atoms with Gasteiger partial charge in [-0.1, -0.05) is 45.9 Å². The van der Waals surface area contributed by atoms with E-state index in [4.69, 9.17) is 4.74 Å². The molecule has 0 fully saturated rings. The van der Waals surface area contributed by atoms with Gasteiger partial charge in [0.2, 0.25) is 0 Å². The molecule has 0 bridgehead atoms. The van der Waals surface area contributed by atoms with Gasteiger partial charge in [0, 0.05) is 11.6 Å². The molecule has 0 amide bonds. The number of hydrogen-bond acceptors (Lipinski definition) is 2. The quantitative estimate of drug-likeness (QED) is 0.866. The van der Waals surface area contributed by atoms with Crippen molar-refractivity contribution in [1.29, 1.82) is 0 Å². The van der Waals surface area contributed by atoms with Crippen molar-refractivity contribution in [3.8, 4) is 5.75 Å². The lowest BCUT2D eigenvalue weighted by atomic mass is 9.84. The average Bonchev–Trinajstić information content (AvgIpc) is 2.43. The van der Waals surface area contributed by atoms with E-state index in [1.807, 2.05) is 0 Å². The first-order valence-corrected chi connectivity index (χ1v) is 7.63. The lowest BCUT2D eigenvalue weighted by molar-refractivity contribution is 0.263. The van der Waals surface area contributed by atoms with E-state index in [0.717, 1.165) is 31.7 Å². The normalized spacial score (nSPS) is 17.7. The number of benzene rings is 1. The minimum Gasteiger partial charge on any atom is -0.493 e. The molecule has 1 heterocycles. The van der Waals surface area contributed by atoms with Gasteiger partial charge in [-0.05, 0) is 36.8 Å². The van der Waals surface area contributed by atoms with E-state index < -0.39 is 0 Å². The van der Waals surface area contributed by atoms with Gasteiger partial charge in [-0.25, -0.2) is 0 Å². The first-order chi connectivity index (χ1) is 9.15. The fourth-order valence-corrected chi connectivity index (χ4v) is 2.84. The summed E-state index contributed by atoms with van der Waals surface area (Å²) in [4.78, 5) is 0. The fraction of sp³-hybridized carbons (Fsp3) is 0.647. The summed E-state index contributed by atoms with van der Waals surface area (Å²) in [7, 11) is 0. The minimum atomic E-state index is 0.387. The number of nitrogens with one attached hydrogen (secondary N) is 1. The van der Waals surface area contributed by atoms with E-state index in [2.05, 4.69) is 51.2 Å². The highest BCUT2D eigenvalue weighted by molar-refractivity contribution is 5.44. The van der Waals surface area contributed by atoms with Crippen molar-refractivity contribution in [3.63, 3.8) is 0 Å². The molecule has 0 saturated heterocycles. The summed E-state index contributed by atoms with van der Waals surface area (Å²) in [5, 5.41) is 3.65. The molecule has 2 rings (SSSR count). The van der Waals surface area contributed by atoms with Gasteiger partial charge < -0.3 is 10.1 Å². The molecular weight excluding hydrogens is 234 g/mol. The lowest BCUT2D eigenvalue weighted by Crippen LogP contribution is -2.30. The second kappa shape index (κ2) is 6.42.